The van der Waals surface area contributed by atoms with Crippen molar-refractivity contribution in [2.75, 3.05) is 13.1 Å². The molecule has 0 radical (unpaired) electrons. The molecule has 1 fully saturated rings. The van der Waals surface area contributed by atoms with Gasteiger partial charge in [-0.1, -0.05) is 18.2 Å². The third-order valence-corrected chi connectivity index (χ3v) is 4.23. The van der Waals surface area contributed by atoms with Crippen LogP contribution in [0.15, 0.2) is 30.5 Å². The van der Waals surface area contributed by atoms with Crippen LogP contribution in [0.1, 0.15) is 18.9 Å². The standard InChI is InChI=1S/C16H21N3O/c1-11-13(7-9-17-11)16(20)18-8-6-12-10-19-15-5-3-2-4-14(12)15/h2-5,10-11,13,17,19H,6-9H2,1H3,(H,18,20). The molecule has 106 valence electrons. The quantitative estimate of drug-likeness (QED) is 0.794. The van der Waals surface area contributed by atoms with Gasteiger partial charge in [0, 0.05) is 29.7 Å². The molecule has 0 saturated carbocycles. The molecule has 1 aromatic carbocycles. The van der Waals surface area contributed by atoms with Crippen molar-refractivity contribution in [3.8, 4) is 0 Å². The lowest BCUT2D eigenvalue weighted by molar-refractivity contribution is -0.125. The molecule has 2 atom stereocenters. The molecule has 3 rings (SSSR count). The van der Waals surface area contributed by atoms with Crippen LogP contribution in [-0.2, 0) is 11.2 Å². The summed E-state index contributed by atoms with van der Waals surface area (Å²) in [4.78, 5) is 15.4. The number of benzene rings is 1. The molecule has 1 amide bonds. The Kier molecular flexibility index (Phi) is 3.74. The first-order chi connectivity index (χ1) is 9.75. The predicted molar refractivity (Wildman–Crippen MR) is 80.6 cm³/mol. The Bertz CT molecular complexity index is 605. The van der Waals surface area contributed by atoms with Crippen LogP contribution in [0.3, 0.4) is 0 Å². The number of aromatic nitrogens is 1. The number of H-pyrrole nitrogens is 1. The fourth-order valence-corrected chi connectivity index (χ4v) is 3.01. The van der Waals surface area contributed by atoms with Gasteiger partial charge in [0.1, 0.15) is 0 Å². The van der Waals surface area contributed by atoms with Gasteiger partial charge in [-0.3, -0.25) is 4.79 Å². The summed E-state index contributed by atoms with van der Waals surface area (Å²) in [6.07, 6.45) is 3.85. The van der Waals surface area contributed by atoms with Gasteiger partial charge in [0.15, 0.2) is 0 Å². The first-order valence-corrected chi connectivity index (χ1v) is 7.32. The van der Waals surface area contributed by atoms with Crippen LogP contribution < -0.4 is 10.6 Å². The van der Waals surface area contributed by atoms with Gasteiger partial charge in [-0.15, -0.1) is 0 Å². The first-order valence-electron chi connectivity index (χ1n) is 7.32. The summed E-state index contributed by atoms with van der Waals surface area (Å²) in [5.41, 5.74) is 2.42. The molecule has 1 saturated heterocycles. The van der Waals surface area contributed by atoms with Crippen molar-refractivity contribution in [3.05, 3.63) is 36.0 Å². The minimum Gasteiger partial charge on any atom is -0.361 e. The largest absolute Gasteiger partial charge is 0.361 e. The Morgan fingerprint density at radius 1 is 1.40 bits per heavy atom. The number of amides is 1. The molecule has 1 aliphatic rings. The summed E-state index contributed by atoms with van der Waals surface area (Å²) in [6.45, 7) is 3.72. The van der Waals surface area contributed by atoms with Crippen molar-refractivity contribution in [2.24, 2.45) is 5.92 Å². The van der Waals surface area contributed by atoms with Gasteiger partial charge < -0.3 is 15.6 Å². The smallest absolute Gasteiger partial charge is 0.224 e. The Morgan fingerprint density at radius 2 is 2.25 bits per heavy atom. The van der Waals surface area contributed by atoms with E-state index in [0.717, 1.165) is 24.9 Å². The van der Waals surface area contributed by atoms with E-state index in [1.54, 1.807) is 0 Å². The average Bonchev–Trinajstić information content (AvgIpc) is 3.05. The molecule has 2 heterocycles. The molecule has 4 nitrogen and oxygen atoms in total. The summed E-state index contributed by atoms with van der Waals surface area (Å²) in [5.74, 6) is 0.306. The highest BCUT2D eigenvalue weighted by molar-refractivity contribution is 5.83. The lowest BCUT2D eigenvalue weighted by atomic mass is 10.0. The third-order valence-electron chi connectivity index (χ3n) is 4.23. The molecule has 0 spiro atoms. The molecule has 2 aromatic rings. The second kappa shape index (κ2) is 5.67. The number of aromatic amines is 1. The van der Waals surface area contributed by atoms with Crippen molar-refractivity contribution in [3.63, 3.8) is 0 Å². The van der Waals surface area contributed by atoms with E-state index in [4.69, 9.17) is 0 Å². The Labute approximate surface area is 118 Å². The minimum atomic E-state index is 0.123. The maximum atomic E-state index is 12.1. The predicted octanol–water partition coefficient (Wildman–Crippen LogP) is 1.82. The summed E-state index contributed by atoms with van der Waals surface area (Å²) >= 11 is 0. The highest BCUT2D eigenvalue weighted by Crippen LogP contribution is 2.18. The van der Waals surface area contributed by atoms with E-state index < -0.39 is 0 Å². The van der Waals surface area contributed by atoms with Crippen molar-refractivity contribution < 1.29 is 4.79 Å². The summed E-state index contributed by atoms with van der Waals surface area (Å²) < 4.78 is 0. The molecular weight excluding hydrogens is 250 g/mol. The van der Waals surface area contributed by atoms with Gasteiger partial charge in [-0.25, -0.2) is 0 Å². The second-order valence-electron chi connectivity index (χ2n) is 5.54. The lowest BCUT2D eigenvalue weighted by Crippen LogP contribution is -2.37. The summed E-state index contributed by atoms with van der Waals surface area (Å²) in [6, 6.07) is 8.56. The number of para-hydroxylation sites is 1. The molecule has 1 aromatic heterocycles. The third kappa shape index (κ3) is 2.56. The number of carbonyl (C=O) groups is 1. The number of hydrogen-bond acceptors (Lipinski definition) is 2. The van der Waals surface area contributed by atoms with Gasteiger partial charge in [-0.05, 0) is 37.9 Å². The number of nitrogens with one attached hydrogen (secondary N) is 3. The van der Waals surface area contributed by atoms with Gasteiger partial charge >= 0.3 is 0 Å². The first kappa shape index (κ1) is 13.2. The lowest BCUT2D eigenvalue weighted by Gasteiger charge is -2.14. The van der Waals surface area contributed by atoms with Crippen molar-refractivity contribution >= 4 is 16.8 Å². The Balaban J connectivity index is 1.56. The van der Waals surface area contributed by atoms with Crippen molar-refractivity contribution in [2.45, 2.75) is 25.8 Å². The zero-order valence-corrected chi connectivity index (χ0v) is 11.8. The molecule has 0 bridgehead atoms. The zero-order chi connectivity index (χ0) is 13.9. The van der Waals surface area contributed by atoms with Gasteiger partial charge in [-0.2, -0.15) is 0 Å². The maximum Gasteiger partial charge on any atom is 0.224 e. The van der Waals surface area contributed by atoms with E-state index in [-0.39, 0.29) is 11.8 Å². The van der Waals surface area contributed by atoms with Crippen LogP contribution in [0.2, 0.25) is 0 Å². The Morgan fingerprint density at radius 3 is 3.05 bits per heavy atom. The molecule has 3 N–H and O–H groups in total. The van der Waals surface area contributed by atoms with E-state index >= 15 is 0 Å². The van der Waals surface area contributed by atoms with Crippen LogP contribution in [0.5, 0.6) is 0 Å². The molecule has 1 aliphatic heterocycles. The summed E-state index contributed by atoms with van der Waals surface area (Å²) in [7, 11) is 0. The van der Waals surface area contributed by atoms with Crippen molar-refractivity contribution in [1.29, 1.82) is 0 Å². The SMILES string of the molecule is CC1NCCC1C(=O)NCCc1c[nH]c2ccccc12. The topological polar surface area (TPSA) is 56.9 Å². The van der Waals surface area contributed by atoms with Crippen LogP contribution in [0.25, 0.3) is 10.9 Å². The molecular formula is C16H21N3O. The van der Waals surface area contributed by atoms with Crippen molar-refractivity contribution in [1.82, 2.24) is 15.6 Å². The number of rotatable bonds is 4. The van der Waals surface area contributed by atoms with E-state index in [1.165, 1.54) is 10.9 Å². The van der Waals surface area contributed by atoms with E-state index in [2.05, 4.69) is 34.7 Å². The van der Waals surface area contributed by atoms with Gasteiger partial charge in [0.05, 0.1) is 5.92 Å². The average molecular weight is 271 g/mol. The highest BCUT2D eigenvalue weighted by Gasteiger charge is 2.28. The van der Waals surface area contributed by atoms with E-state index in [9.17, 15) is 4.79 Å². The maximum absolute atomic E-state index is 12.1. The molecule has 4 heteroatoms. The van der Waals surface area contributed by atoms with Crippen LogP contribution in [0, 0.1) is 5.92 Å². The fourth-order valence-electron chi connectivity index (χ4n) is 3.01. The summed E-state index contributed by atoms with van der Waals surface area (Å²) in [5, 5.41) is 7.63. The van der Waals surface area contributed by atoms with Crippen LogP contribution >= 0.6 is 0 Å². The number of carbonyl (C=O) groups excluding carboxylic acids is 1. The monoisotopic (exact) mass is 271 g/mol. The highest BCUT2D eigenvalue weighted by atomic mass is 16.1. The molecule has 2 unspecified atom stereocenters. The molecule has 0 aliphatic carbocycles. The minimum absolute atomic E-state index is 0.123. The normalized spacial score (nSPS) is 22.2. The number of fused-ring (bicyclic) bond motifs is 1. The van der Waals surface area contributed by atoms with Crippen LogP contribution in [0.4, 0.5) is 0 Å². The van der Waals surface area contributed by atoms with E-state index in [0.29, 0.717) is 12.6 Å². The zero-order valence-electron chi connectivity index (χ0n) is 11.8. The second-order valence-corrected chi connectivity index (χ2v) is 5.54. The number of hydrogen-bond donors (Lipinski definition) is 3. The Hall–Kier alpha value is -1.81. The molecule has 20 heavy (non-hydrogen) atoms. The van der Waals surface area contributed by atoms with E-state index in [1.807, 2.05) is 18.3 Å². The fraction of sp³-hybridized carbons (Fsp3) is 0.438. The van der Waals surface area contributed by atoms with Gasteiger partial charge in [0.2, 0.25) is 5.91 Å². The van der Waals surface area contributed by atoms with Crippen LogP contribution in [-0.4, -0.2) is 30.0 Å². The van der Waals surface area contributed by atoms with Gasteiger partial charge in [0.25, 0.3) is 0 Å².